The molecule has 6 nitrogen and oxygen atoms in total. The third kappa shape index (κ3) is 5.35. The fourth-order valence-electron chi connectivity index (χ4n) is 3.18. The van der Waals surface area contributed by atoms with Gasteiger partial charge in [0.15, 0.2) is 0 Å². The lowest BCUT2D eigenvalue weighted by molar-refractivity contribution is 0.0981. The number of benzene rings is 1. The first kappa shape index (κ1) is 22.6. The maximum atomic E-state index is 13.0. The fourth-order valence-corrected chi connectivity index (χ4v) is 3.79. The first-order valence-corrected chi connectivity index (χ1v) is 10.8. The van der Waals surface area contributed by atoms with Crippen LogP contribution in [0.4, 0.5) is 0 Å². The van der Waals surface area contributed by atoms with Crippen molar-refractivity contribution >= 4 is 17.9 Å². The summed E-state index contributed by atoms with van der Waals surface area (Å²) in [6.07, 6.45) is 1.54. The summed E-state index contributed by atoms with van der Waals surface area (Å²) in [5, 5.41) is 0. The number of hydrogen-bond acceptors (Lipinski definition) is 5. The van der Waals surface area contributed by atoms with Gasteiger partial charge in [-0.1, -0.05) is 38.5 Å². The zero-order valence-corrected chi connectivity index (χ0v) is 19.4. The minimum atomic E-state index is -0.390. The Bertz CT molecular complexity index is 1160. The van der Waals surface area contributed by atoms with Crippen LogP contribution >= 0.6 is 11.9 Å². The van der Waals surface area contributed by atoms with Gasteiger partial charge in [0.1, 0.15) is 11.3 Å². The van der Waals surface area contributed by atoms with Crippen molar-refractivity contribution in [3.63, 3.8) is 0 Å². The Labute approximate surface area is 186 Å². The minimum absolute atomic E-state index is 0.212. The smallest absolute Gasteiger partial charge is 0.266 e. The summed E-state index contributed by atoms with van der Waals surface area (Å²) in [5.41, 5.74) is 3.71. The monoisotopic (exact) mass is 437 g/mol. The van der Waals surface area contributed by atoms with Crippen molar-refractivity contribution < 1.29 is 9.53 Å². The molecule has 3 aromatic rings. The topological polar surface area (TPSA) is 84.1 Å². The van der Waals surface area contributed by atoms with Gasteiger partial charge in [-0.05, 0) is 68.1 Å². The molecule has 2 N–H and O–H groups in total. The zero-order valence-electron chi connectivity index (χ0n) is 18.6. The highest BCUT2D eigenvalue weighted by atomic mass is 32.2. The van der Waals surface area contributed by atoms with E-state index in [2.05, 4.69) is 35.5 Å². The second kappa shape index (κ2) is 8.98. The van der Waals surface area contributed by atoms with Gasteiger partial charge in [-0.25, -0.2) is 4.98 Å². The van der Waals surface area contributed by atoms with Gasteiger partial charge in [0.2, 0.25) is 5.88 Å². The minimum Gasteiger partial charge on any atom is -0.438 e. The first-order valence-electron chi connectivity index (χ1n) is 9.98. The number of aromatic amines is 1. The molecule has 0 unspecified atom stereocenters. The number of carbonyl (C=O) groups is 1. The summed E-state index contributed by atoms with van der Waals surface area (Å²) in [7, 11) is 0. The maximum Gasteiger partial charge on any atom is 0.266 e. The Hall–Kier alpha value is -3.06. The molecule has 0 aliphatic heterocycles. The highest BCUT2D eigenvalue weighted by Crippen LogP contribution is 2.33. The summed E-state index contributed by atoms with van der Waals surface area (Å²) >= 11 is 0.956. The number of nitrogens with one attached hydrogen (secondary N) is 2. The molecule has 0 atom stereocenters. The van der Waals surface area contributed by atoms with Gasteiger partial charge in [-0.15, -0.1) is 0 Å². The Morgan fingerprint density at radius 1 is 1.10 bits per heavy atom. The fraction of sp³-hybridized carbons (Fsp3) is 0.292. The molecule has 3 rings (SSSR count). The number of ether oxygens (including phenoxy) is 1. The molecule has 0 fully saturated rings. The molecule has 0 aliphatic rings. The largest absolute Gasteiger partial charge is 0.438 e. The van der Waals surface area contributed by atoms with Crippen molar-refractivity contribution in [1.29, 1.82) is 0 Å². The van der Waals surface area contributed by atoms with E-state index in [0.717, 1.165) is 34.3 Å². The van der Waals surface area contributed by atoms with Crippen molar-refractivity contribution in [2.24, 2.45) is 0 Å². The summed E-state index contributed by atoms with van der Waals surface area (Å²) in [6, 6.07) is 11.0. The van der Waals surface area contributed by atoms with Crippen LogP contribution in [0.3, 0.4) is 0 Å². The van der Waals surface area contributed by atoms with E-state index in [1.54, 1.807) is 24.4 Å². The predicted molar refractivity (Wildman–Crippen MR) is 124 cm³/mol. The summed E-state index contributed by atoms with van der Waals surface area (Å²) in [4.78, 5) is 32.5. The molecule has 2 heterocycles. The zero-order chi connectivity index (χ0) is 22.8. The van der Waals surface area contributed by atoms with Gasteiger partial charge in [0, 0.05) is 17.3 Å². The molecule has 2 aromatic heterocycles. The van der Waals surface area contributed by atoms with Gasteiger partial charge >= 0.3 is 0 Å². The Balaban J connectivity index is 1.97. The number of H-pyrrole nitrogens is 1. The van der Waals surface area contributed by atoms with Gasteiger partial charge in [0.25, 0.3) is 11.5 Å². The van der Waals surface area contributed by atoms with E-state index >= 15 is 0 Å². The van der Waals surface area contributed by atoms with Crippen LogP contribution < -0.4 is 15.0 Å². The van der Waals surface area contributed by atoms with Crippen molar-refractivity contribution in [2.45, 2.75) is 51.9 Å². The molecule has 1 amide bonds. The van der Waals surface area contributed by atoms with Gasteiger partial charge in [-0.2, -0.15) is 0 Å². The van der Waals surface area contributed by atoms with E-state index in [0.29, 0.717) is 16.2 Å². The Morgan fingerprint density at radius 2 is 1.77 bits per heavy atom. The third-order valence-electron chi connectivity index (χ3n) is 4.71. The number of rotatable bonds is 5. The molecule has 0 aliphatic carbocycles. The van der Waals surface area contributed by atoms with Gasteiger partial charge < -0.3 is 9.72 Å². The van der Waals surface area contributed by atoms with Gasteiger partial charge in [0.05, 0.1) is 4.90 Å². The number of aromatic nitrogens is 2. The maximum absolute atomic E-state index is 13.0. The van der Waals surface area contributed by atoms with Crippen LogP contribution in [-0.2, 0) is 5.41 Å². The van der Waals surface area contributed by atoms with Crippen LogP contribution in [0.2, 0.25) is 0 Å². The third-order valence-corrected chi connectivity index (χ3v) is 5.54. The van der Waals surface area contributed by atoms with E-state index in [9.17, 15) is 9.59 Å². The lowest BCUT2D eigenvalue weighted by Gasteiger charge is -2.21. The second-order valence-corrected chi connectivity index (χ2v) is 9.37. The molecular formula is C24H27N3O3S. The van der Waals surface area contributed by atoms with Gasteiger partial charge in [-0.3, -0.25) is 14.3 Å². The number of aryl methyl sites for hydroxylation is 3. The van der Waals surface area contributed by atoms with Crippen LogP contribution in [0.5, 0.6) is 11.6 Å². The van der Waals surface area contributed by atoms with Crippen LogP contribution in [-0.4, -0.2) is 15.9 Å². The summed E-state index contributed by atoms with van der Waals surface area (Å²) in [5.74, 6) is 0.534. The first-order chi connectivity index (χ1) is 14.6. The van der Waals surface area contributed by atoms with Crippen molar-refractivity contribution in [3.05, 3.63) is 80.9 Å². The predicted octanol–water partition coefficient (Wildman–Crippen LogP) is 5.22. The standard InChI is InChI=1S/C24H27N3O3S/c1-14-12-15(2)20(16(3)13-14)30-23-17(9-10-19(26-23)24(4,5)6)21(28)27-31-18-8-7-11-25-22(18)29/h7-13H,1-6H3,(H,25,29)(H,27,28). The van der Waals surface area contributed by atoms with Crippen molar-refractivity contribution in [3.8, 4) is 11.6 Å². The number of carbonyl (C=O) groups excluding carboxylic acids is 1. The van der Waals surface area contributed by atoms with Crippen LogP contribution in [0, 0.1) is 20.8 Å². The van der Waals surface area contributed by atoms with Crippen LogP contribution in [0.25, 0.3) is 0 Å². The molecule has 1 aromatic carbocycles. The average Bonchev–Trinajstić information content (AvgIpc) is 2.69. The van der Waals surface area contributed by atoms with E-state index in [1.165, 1.54) is 0 Å². The van der Waals surface area contributed by atoms with E-state index in [-0.39, 0.29) is 16.9 Å². The highest BCUT2D eigenvalue weighted by Gasteiger charge is 2.22. The highest BCUT2D eigenvalue weighted by molar-refractivity contribution is 7.98. The number of nitrogens with zero attached hydrogens (tertiary/aromatic N) is 1. The Kier molecular flexibility index (Phi) is 6.55. The van der Waals surface area contributed by atoms with Crippen LogP contribution in [0.15, 0.2) is 52.3 Å². The summed E-state index contributed by atoms with van der Waals surface area (Å²) < 4.78 is 8.93. The van der Waals surface area contributed by atoms with E-state index in [1.807, 2.05) is 39.0 Å². The molecule has 162 valence electrons. The molecule has 0 radical (unpaired) electrons. The normalized spacial score (nSPS) is 11.3. The van der Waals surface area contributed by atoms with E-state index in [4.69, 9.17) is 4.74 Å². The second-order valence-electron chi connectivity index (χ2n) is 8.53. The molecule has 0 bridgehead atoms. The van der Waals surface area contributed by atoms with Crippen molar-refractivity contribution in [2.75, 3.05) is 0 Å². The van der Waals surface area contributed by atoms with E-state index < -0.39 is 5.91 Å². The lowest BCUT2D eigenvalue weighted by Crippen LogP contribution is -2.21. The molecule has 0 saturated carbocycles. The average molecular weight is 438 g/mol. The molecular weight excluding hydrogens is 410 g/mol. The lowest BCUT2D eigenvalue weighted by atomic mass is 9.91. The molecule has 0 spiro atoms. The summed E-state index contributed by atoms with van der Waals surface area (Å²) in [6.45, 7) is 12.1. The SMILES string of the molecule is Cc1cc(C)c(Oc2nc(C(C)(C)C)ccc2C(=O)NSc2ccc[nH]c2=O)c(C)c1. The Morgan fingerprint density at radius 3 is 2.39 bits per heavy atom. The molecule has 7 heteroatoms. The van der Waals surface area contributed by atoms with Crippen LogP contribution in [0.1, 0.15) is 53.5 Å². The quantitative estimate of drug-likeness (QED) is 0.535. The number of hydrogen-bond donors (Lipinski definition) is 2. The number of amides is 1. The van der Waals surface area contributed by atoms with Crippen molar-refractivity contribution in [1.82, 2.24) is 14.7 Å². The molecule has 31 heavy (non-hydrogen) atoms. The number of pyridine rings is 2. The molecule has 0 saturated heterocycles.